The molecule has 7 heteroatoms. The number of carbonyl (C=O) groups is 1. The van der Waals surface area contributed by atoms with E-state index in [1.165, 1.54) is 43.5 Å². The van der Waals surface area contributed by atoms with Crippen LogP contribution in [0, 0.1) is 10.1 Å². The van der Waals surface area contributed by atoms with Crippen molar-refractivity contribution >= 4 is 11.7 Å². The minimum Gasteiger partial charge on any atom is -0.504 e. The van der Waals surface area contributed by atoms with Gasteiger partial charge in [-0.05, 0) is 17.7 Å². The number of nitro benzene ring substituents is 1. The first-order valence-electron chi connectivity index (χ1n) is 5.83. The molecule has 21 heavy (non-hydrogen) atoms. The molecule has 0 radical (unpaired) electrons. The normalized spacial score (nSPS) is 10.1. The molecule has 0 spiro atoms. The molecule has 0 saturated carbocycles. The minimum atomic E-state index is -1.19. The van der Waals surface area contributed by atoms with E-state index in [0.29, 0.717) is 5.56 Å². The van der Waals surface area contributed by atoms with E-state index in [1.807, 2.05) is 0 Å². The van der Waals surface area contributed by atoms with Crippen molar-refractivity contribution in [3.8, 4) is 22.6 Å². The highest BCUT2D eigenvalue weighted by molar-refractivity contribution is 5.92. The van der Waals surface area contributed by atoms with Crippen LogP contribution in [0.2, 0.25) is 0 Å². The first kappa shape index (κ1) is 14.3. The van der Waals surface area contributed by atoms with Crippen LogP contribution in [-0.2, 0) is 0 Å². The summed E-state index contributed by atoms with van der Waals surface area (Å²) in [6.07, 6.45) is 0. The Morgan fingerprint density at radius 3 is 2.57 bits per heavy atom. The lowest BCUT2D eigenvalue weighted by molar-refractivity contribution is -0.384. The van der Waals surface area contributed by atoms with E-state index in [2.05, 4.69) is 0 Å². The Kier molecular flexibility index (Phi) is 3.75. The molecule has 7 nitrogen and oxygen atoms in total. The van der Waals surface area contributed by atoms with Crippen LogP contribution >= 0.6 is 0 Å². The number of aromatic hydroxyl groups is 1. The molecule has 0 bridgehead atoms. The van der Waals surface area contributed by atoms with Gasteiger partial charge in [0.2, 0.25) is 0 Å². The van der Waals surface area contributed by atoms with Crippen LogP contribution in [0.25, 0.3) is 11.1 Å². The summed E-state index contributed by atoms with van der Waals surface area (Å²) in [4.78, 5) is 21.3. The van der Waals surface area contributed by atoms with E-state index in [1.54, 1.807) is 0 Å². The first-order chi connectivity index (χ1) is 9.93. The Morgan fingerprint density at radius 2 is 2.00 bits per heavy atom. The summed E-state index contributed by atoms with van der Waals surface area (Å²) in [7, 11) is 1.29. The number of nitro groups is 1. The Balaban J connectivity index is 2.67. The molecule has 0 unspecified atom stereocenters. The molecule has 0 saturated heterocycles. The number of rotatable bonds is 4. The predicted octanol–water partition coefficient (Wildman–Crippen LogP) is 2.67. The number of phenols is 1. The maximum absolute atomic E-state index is 11.1. The van der Waals surface area contributed by atoms with Gasteiger partial charge in [0, 0.05) is 17.7 Å². The van der Waals surface area contributed by atoms with Crippen molar-refractivity contribution in [1.29, 1.82) is 0 Å². The van der Waals surface area contributed by atoms with E-state index in [4.69, 9.17) is 9.84 Å². The van der Waals surface area contributed by atoms with Gasteiger partial charge >= 0.3 is 5.97 Å². The monoisotopic (exact) mass is 289 g/mol. The molecule has 0 atom stereocenters. The fraction of sp³-hybridized carbons (Fsp3) is 0.0714. The molecule has 0 aliphatic carbocycles. The first-order valence-corrected chi connectivity index (χ1v) is 5.83. The van der Waals surface area contributed by atoms with Crippen LogP contribution in [0.1, 0.15) is 10.4 Å². The van der Waals surface area contributed by atoms with Gasteiger partial charge in [-0.2, -0.15) is 0 Å². The summed E-state index contributed by atoms with van der Waals surface area (Å²) in [5.41, 5.74) is 0.219. The number of hydrogen-bond acceptors (Lipinski definition) is 5. The number of carboxylic acids is 1. The Hall–Kier alpha value is -3.09. The maximum atomic E-state index is 11.1. The Morgan fingerprint density at radius 1 is 1.29 bits per heavy atom. The Labute approximate surface area is 119 Å². The fourth-order valence-corrected chi connectivity index (χ4v) is 1.89. The van der Waals surface area contributed by atoms with Gasteiger partial charge < -0.3 is 14.9 Å². The number of carboxylic acid groups (broad SMARTS) is 1. The molecule has 2 aromatic rings. The van der Waals surface area contributed by atoms with Crippen LogP contribution in [-0.4, -0.2) is 28.2 Å². The standard InChI is InChI=1S/C14H11NO6/c1-21-12-7-9(14(17)18)6-11(13(12)16)8-3-2-4-10(5-8)15(19)20/h2-7,16H,1H3,(H,17,18). The number of phenolic OH excluding ortho intramolecular Hbond substituents is 1. The average Bonchev–Trinajstić information content (AvgIpc) is 2.47. The van der Waals surface area contributed by atoms with Crippen molar-refractivity contribution in [1.82, 2.24) is 0 Å². The van der Waals surface area contributed by atoms with E-state index >= 15 is 0 Å². The number of aromatic carboxylic acids is 1. The van der Waals surface area contributed by atoms with Crippen molar-refractivity contribution in [3.05, 3.63) is 52.1 Å². The van der Waals surface area contributed by atoms with Gasteiger partial charge in [0.1, 0.15) is 0 Å². The molecule has 2 N–H and O–H groups in total. The summed E-state index contributed by atoms with van der Waals surface area (Å²) in [6, 6.07) is 7.96. The summed E-state index contributed by atoms with van der Waals surface area (Å²) in [6.45, 7) is 0. The van der Waals surface area contributed by atoms with Crippen LogP contribution in [0.15, 0.2) is 36.4 Å². The molecule has 0 fully saturated rings. The van der Waals surface area contributed by atoms with Gasteiger partial charge in [-0.3, -0.25) is 10.1 Å². The summed E-state index contributed by atoms with van der Waals surface area (Å²) in [5.74, 6) is -1.49. The van der Waals surface area contributed by atoms with Gasteiger partial charge in [-0.1, -0.05) is 12.1 Å². The highest BCUT2D eigenvalue weighted by Gasteiger charge is 2.17. The van der Waals surface area contributed by atoms with Crippen molar-refractivity contribution in [2.75, 3.05) is 7.11 Å². The number of non-ortho nitro benzene ring substituents is 1. The second-order valence-corrected chi connectivity index (χ2v) is 4.19. The minimum absolute atomic E-state index is 0.0172. The molecule has 0 aliphatic heterocycles. The van der Waals surface area contributed by atoms with Crippen molar-refractivity contribution in [2.24, 2.45) is 0 Å². The zero-order chi connectivity index (χ0) is 15.6. The number of nitrogens with zero attached hydrogens (tertiary/aromatic N) is 1. The summed E-state index contributed by atoms with van der Waals surface area (Å²) in [5, 5.41) is 29.9. The molecule has 2 rings (SSSR count). The molecule has 0 amide bonds. The molecule has 0 heterocycles. The lowest BCUT2D eigenvalue weighted by Gasteiger charge is -2.10. The van der Waals surface area contributed by atoms with Crippen molar-refractivity contribution in [2.45, 2.75) is 0 Å². The number of methoxy groups -OCH3 is 1. The zero-order valence-corrected chi connectivity index (χ0v) is 10.9. The number of hydrogen-bond donors (Lipinski definition) is 2. The summed E-state index contributed by atoms with van der Waals surface area (Å²) < 4.78 is 4.93. The fourth-order valence-electron chi connectivity index (χ4n) is 1.89. The van der Waals surface area contributed by atoms with Gasteiger partial charge in [0.15, 0.2) is 11.5 Å². The number of ether oxygens (including phenoxy) is 1. The van der Waals surface area contributed by atoms with Crippen LogP contribution < -0.4 is 4.74 Å². The topological polar surface area (TPSA) is 110 Å². The third-order valence-corrected chi connectivity index (χ3v) is 2.91. The SMILES string of the molecule is COc1cc(C(=O)O)cc(-c2cccc([N+](=O)[O-])c2)c1O. The third kappa shape index (κ3) is 2.76. The molecule has 0 aliphatic rings. The van der Waals surface area contributed by atoms with Gasteiger partial charge in [-0.25, -0.2) is 4.79 Å². The van der Waals surface area contributed by atoms with Gasteiger partial charge in [0.05, 0.1) is 17.6 Å². The highest BCUT2D eigenvalue weighted by Crippen LogP contribution is 2.39. The molecule has 2 aromatic carbocycles. The lowest BCUT2D eigenvalue weighted by atomic mass is 10.0. The zero-order valence-electron chi connectivity index (χ0n) is 10.9. The van der Waals surface area contributed by atoms with Crippen molar-refractivity contribution < 1.29 is 24.7 Å². The van der Waals surface area contributed by atoms with Gasteiger partial charge in [0.25, 0.3) is 5.69 Å². The van der Waals surface area contributed by atoms with E-state index < -0.39 is 10.9 Å². The van der Waals surface area contributed by atoms with Crippen LogP contribution in [0.4, 0.5) is 5.69 Å². The lowest BCUT2D eigenvalue weighted by Crippen LogP contribution is -1.98. The van der Waals surface area contributed by atoms with Crippen LogP contribution in [0.5, 0.6) is 11.5 Å². The van der Waals surface area contributed by atoms with E-state index in [9.17, 15) is 20.0 Å². The Bertz CT molecular complexity index is 725. The highest BCUT2D eigenvalue weighted by atomic mass is 16.6. The number of benzene rings is 2. The molecular weight excluding hydrogens is 278 g/mol. The maximum Gasteiger partial charge on any atom is 0.335 e. The van der Waals surface area contributed by atoms with Gasteiger partial charge in [-0.15, -0.1) is 0 Å². The van der Waals surface area contributed by atoms with E-state index in [0.717, 1.165) is 0 Å². The van der Waals surface area contributed by atoms with Crippen molar-refractivity contribution in [3.63, 3.8) is 0 Å². The third-order valence-electron chi connectivity index (χ3n) is 2.91. The smallest absolute Gasteiger partial charge is 0.335 e. The summed E-state index contributed by atoms with van der Waals surface area (Å²) >= 11 is 0. The predicted molar refractivity (Wildman–Crippen MR) is 73.7 cm³/mol. The second kappa shape index (κ2) is 5.49. The van der Waals surface area contributed by atoms with Crippen LogP contribution in [0.3, 0.4) is 0 Å². The largest absolute Gasteiger partial charge is 0.504 e. The van der Waals surface area contributed by atoms with E-state index in [-0.39, 0.29) is 28.3 Å². The molecule has 0 aromatic heterocycles. The average molecular weight is 289 g/mol. The second-order valence-electron chi connectivity index (χ2n) is 4.19. The molecular formula is C14H11NO6. The molecule has 108 valence electrons. The quantitative estimate of drug-likeness (QED) is 0.661.